The number of benzene rings is 1. The molecule has 0 bridgehead atoms. The molecule has 23 heavy (non-hydrogen) atoms. The van der Waals surface area contributed by atoms with Crippen molar-refractivity contribution in [3.63, 3.8) is 0 Å². The van der Waals surface area contributed by atoms with Gasteiger partial charge >= 0.3 is 0 Å². The van der Waals surface area contributed by atoms with Crippen molar-refractivity contribution in [1.82, 2.24) is 9.62 Å². The van der Waals surface area contributed by atoms with E-state index in [9.17, 15) is 8.42 Å². The minimum absolute atomic E-state index is 0.302. The zero-order valence-corrected chi connectivity index (χ0v) is 14.2. The maximum absolute atomic E-state index is 12.2. The monoisotopic (exact) mass is 337 g/mol. The summed E-state index contributed by atoms with van der Waals surface area (Å²) in [6.07, 6.45) is 1.98. The van der Waals surface area contributed by atoms with Gasteiger partial charge in [-0.2, -0.15) is 0 Å². The van der Waals surface area contributed by atoms with Crippen LogP contribution in [0.15, 0.2) is 34.3 Å². The van der Waals surface area contributed by atoms with Crippen molar-refractivity contribution < 1.29 is 8.42 Å². The lowest BCUT2D eigenvalue weighted by molar-refractivity contribution is 0.190. The van der Waals surface area contributed by atoms with E-state index < -0.39 is 10.0 Å². The van der Waals surface area contributed by atoms with Gasteiger partial charge in [0.15, 0.2) is 0 Å². The highest BCUT2D eigenvalue weighted by Gasteiger charge is 2.19. The summed E-state index contributed by atoms with van der Waals surface area (Å²) in [6.45, 7) is 5.41. The van der Waals surface area contributed by atoms with Crippen LogP contribution in [0.25, 0.3) is 10.4 Å². The van der Waals surface area contributed by atoms with Crippen molar-refractivity contribution >= 4 is 10.0 Å². The van der Waals surface area contributed by atoms with Crippen LogP contribution in [0.4, 0.5) is 0 Å². The van der Waals surface area contributed by atoms with Crippen molar-refractivity contribution in [3.8, 4) is 0 Å². The number of sulfonamides is 1. The molecule has 7 nitrogen and oxygen atoms in total. The predicted molar refractivity (Wildman–Crippen MR) is 89.5 cm³/mol. The second-order valence-electron chi connectivity index (χ2n) is 5.91. The van der Waals surface area contributed by atoms with Gasteiger partial charge < -0.3 is 4.90 Å². The van der Waals surface area contributed by atoms with Gasteiger partial charge in [0.25, 0.3) is 0 Å². The molecule has 1 fully saturated rings. The van der Waals surface area contributed by atoms with Crippen LogP contribution >= 0.6 is 0 Å². The summed E-state index contributed by atoms with van der Waals surface area (Å²) in [5, 5.41) is 3.63. The van der Waals surface area contributed by atoms with Crippen LogP contribution in [0.2, 0.25) is 0 Å². The highest BCUT2D eigenvalue weighted by molar-refractivity contribution is 7.89. The molecule has 126 valence electrons. The molecule has 1 N–H and O–H groups in total. The van der Waals surface area contributed by atoms with E-state index in [1.807, 2.05) is 6.92 Å². The molecular formula is C15H23N5O2S. The van der Waals surface area contributed by atoms with Crippen molar-refractivity contribution in [2.45, 2.75) is 24.7 Å². The van der Waals surface area contributed by atoms with Gasteiger partial charge in [0, 0.05) is 24.5 Å². The van der Waals surface area contributed by atoms with E-state index in [-0.39, 0.29) is 0 Å². The molecule has 1 heterocycles. The lowest BCUT2D eigenvalue weighted by Gasteiger charge is -2.31. The van der Waals surface area contributed by atoms with E-state index in [1.165, 1.54) is 0 Å². The van der Waals surface area contributed by atoms with Crippen molar-refractivity contribution in [2.75, 3.05) is 32.7 Å². The number of rotatable bonds is 7. The summed E-state index contributed by atoms with van der Waals surface area (Å²) in [4.78, 5) is 5.34. The Morgan fingerprint density at radius 1 is 1.30 bits per heavy atom. The molecule has 1 aromatic rings. The molecule has 2 rings (SSSR count). The molecule has 0 atom stereocenters. The first-order valence-corrected chi connectivity index (χ1v) is 9.29. The fourth-order valence-electron chi connectivity index (χ4n) is 2.68. The molecular weight excluding hydrogens is 314 g/mol. The van der Waals surface area contributed by atoms with E-state index >= 15 is 0 Å². The van der Waals surface area contributed by atoms with E-state index in [0.29, 0.717) is 30.4 Å². The summed E-state index contributed by atoms with van der Waals surface area (Å²) in [5.74, 6) is 0.450. The van der Waals surface area contributed by atoms with E-state index in [1.54, 1.807) is 24.3 Å². The molecule has 1 aromatic carbocycles. The molecule has 0 aromatic heterocycles. The van der Waals surface area contributed by atoms with Crippen LogP contribution < -0.4 is 4.72 Å². The Morgan fingerprint density at radius 3 is 2.57 bits per heavy atom. The topological polar surface area (TPSA) is 98.2 Å². The third-order valence-electron chi connectivity index (χ3n) is 4.16. The van der Waals surface area contributed by atoms with Gasteiger partial charge in [-0.15, -0.1) is 0 Å². The Morgan fingerprint density at radius 2 is 1.96 bits per heavy atom. The summed E-state index contributed by atoms with van der Waals surface area (Å²) >= 11 is 0. The quantitative estimate of drug-likeness (QED) is 0.469. The number of aryl methyl sites for hydroxylation is 1. The van der Waals surface area contributed by atoms with E-state index in [0.717, 1.165) is 31.5 Å². The van der Waals surface area contributed by atoms with Crippen LogP contribution in [0.1, 0.15) is 18.4 Å². The lowest BCUT2D eigenvalue weighted by Crippen LogP contribution is -2.40. The van der Waals surface area contributed by atoms with Crippen LogP contribution in [-0.4, -0.2) is 46.0 Å². The first-order chi connectivity index (χ1) is 11.0. The molecule has 0 aliphatic carbocycles. The summed E-state index contributed by atoms with van der Waals surface area (Å²) in [7, 11) is -3.43. The maximum Gasteiger partial charge on any atom is 0.240 e. The van der Waals surface area contributed by atoms with Crippen LogP contribution in [0.3, 0.4) is 0 Å². The Bertz CT molecular complexity index is 645. The number of likely N-dealkylation sites (tertiary alicyclic amines) is 1. The second-order valence-corrected chi connectivity index (χ2v) is 7.68. The number of azide groups is 1. The summed E-state index contributed by atoms with van der Waals surface area (Å²) in [5.41, 5.74) is 9.37. The number of hydrogen-bond donors (Lipinski definition) is 1. The first-order valence-electron chi connectivity index (χ1n) is 7.81. The van der Waals surface area contributed by atoms with Crippen molar-refractivity contribution in [3.05, 3.63) is 40.3 Å². The minimum atomic E-state index is -3.43. The fourth-order valence-corrected chi connectivity index (χ4v) is 3.70. The third kappa shape index (κ3) is 5.51. The Kier molecular flexibility index (Phi) is 6.41. The zero-order valence-electron chi connectivity index (χ0n) is 13.4. The second kappa shape index (κ2) is 8.31. The van der Waals surface area contributed by atoms with E-state index in [2.05, 4.69) is 19.6 Å². The molecule has 0 radical (unpaired) electrons. The SMILES string of the molecule is Cc1ccc(S(=O)(=O)NCCN2CCC(CN=[N+]=[N-])CC2)cc1. The van der Waals surface area contributed by atoms with E-state index in [4.69, 9.17) is 5.53 Å². The zero-order chi connectivity index (χ0) is 16.7. The normalized spacial score (nSPS) is 16.9. The average Bonchev–Trinajstić information content (AvgIpc) is 2.54. The molecule has 0 amide bonds. The molecule has 1 aliphatic rings. The van der Waals surface area contributed by atoms with Crippen LogP contribution in [0, 0.1) is 12.8 Å². The van der Waals surface area contributed by atoms with Crippen LogP contribution in [-0.2, 0) is 10.0 Å². The third-order valence-corrected chi connectivity index (χ3v) is 5.64. The number of piperidine rings is 1. The number of hydrogen-bond acceptors (Lipinski definition) is 4. The van der Waals surface area contributed by atoms with Crippen LogP contribution in [0.5, 0.6) is 0 Å². The van der Waals surface area contributed by atoms with Gasteiger partial charge in [-0.3, -0.25) is 0 Å². The lowest BCUT2D eigenvalue weighted by atomic mass is 9.97. The molecule has 1 saturated heterocycles. The highest BCUT2D eigenvalue weighted by Crippen LogP contribution is 2.17. The van der Waals surface area contributed by atoms with Crippen molar-refractivity contribution in [1.29, 1.82) is 0 Å². The van der Waals surface area contributed by atoms with Gasteiger partial charge in [0.2, 0.25) is 10.0 Å². The molecule has 0 spiro atoms. The Balaban J connectivity index is 1.75. The van der Waals surface area contributed by atoms with Gasteiger partial charge in [-0.05, 0) is 56.4 Å². The summed E-state index contributed by atoms with van der Waals surface area (Å²) < 4.78 is 27.0. The largest absolute Gasteiger partial charge is 0.302 e. The van der Waals surface area contributed by atoms with Gasteiger partial charge in [-0.1, -0.05) is 22.8 Å². The highest BCUT2D eigenvalue weighted by atomic mass is 32.2. The van der Waals surface area contributed by atoms with Gasteiger partial charge in [0.1, 0.15) is 0 Å². The Hall–Kier alpha value is -1.60. The van der Waals surface area contributed by atoms with Crippen molar-refractivity contribution in [2.24, 2.45) is 11.0 Å². The number of nitrogens with one attached hydrogen (secondary N) is 1. The predicted octanol–water partition coefficient (Wildman–Crippen LogP) is 2.30. The molecule has 0 saturated carbocycles. The fraction of sp³-hybridized carbons (Fsp3) is 0.600. The standard InChI is InChI=1S/C15H23N5O2S/c1-13-2-4-15(5-3-13)23(21,22)18-8-11-20-9-6-14(7-10-20)12-17-19-16/h2-5,14,18H,6-12H2,1H3. The average molecular weight is 337 g/mol. The summed E-state index contributed by atoms with van der Waals surface area (Å²) in [6, 6.07) is 6.84. The number of nitrogens with zero attached hydrogens (tertiary/aromatic N) is 4. The van der Waals surface area contributed by atoms with Gasteiger partial charge in [0.05, 0.1) is 4.90 Å². The minimum Gasteiger partial charge on any atom is -0.302 e. The molecule has 1 aliphatic heterocycles. The Labute approximate surface area is 137 Å². The first kappa shape index (κ1) is 17.7. The molecule has 0 unspecified atom stereocenters. The van der Waals surface area contributed by atoms with Gasteiger partial charge in [-0.25, -0.2) is 13.1 Å². The molecule has 8 heteroatoms. The smallest absolute Gasteiger partial charge is 0.240 e. The maximum atomic E-state index is 12.2.